The van der Waals surface area contributed by atoms with Gasteiger partial charge in [0.05, 0.1) is 84.8 Å². The Balaban J connectivity index is 0.000000132. The fourth-order valence-corrected chi connectivity index (χ4v) is 20.2. The number of aldehydes is 1. The molecule has 21 heteroatoms. The van der Waals surface area contributed by atoms with E-state index in [1.807, 2.05) is 144 Å². The van der Waals surface area contributed by atoms with E-state index in [2.05, 4.69) is 168 Å². The molecular weight excluding hydrogens is 1850 g/mol. The Labute approximate surface area is 838 Å². The largest absolute Gasteiger partial charge is 0.486 e. The van der Waals surface area contributed by atoms with E-state index in [9.17, 15) is 24.0 Å². The minimum atomic E-state index is -0.215. The predicted molar refractivity (Wildman–Crippen MR) is 568 cm³/mol. The number of nitrogens with one attached hydrogen (secondary N) is 2. The molecule has 732 valence electrons. The zero-order valence-corrected chi connectivity index (χ0v) is 86.0. The number of nitrogens with zero attached hydrogens (tertiary/aromatic N) is 4. The molecule has 1 aromatic heterocycles. The summed E-state index contributed by atoms with van der Waals surface area (Å²) >= 11 is 2.20. The zero-order chi connectivity index (χ0) is 98.2. The Morgan fingerprint density at radius 1 is 0.468 bits per heavy atom. The number of ketones is 4. The van der Waals surface area contributed by atoms with Crippen LogP contribution in [0.15, 0.2) is 185 Å². The number of aryl methyl sites for hydroxylation is 4. The third-order valence-corrected chi connectivity index (χ3v) is 31.1. The SMILES string of the molecule is C#CCN1CCCCC1.CC1(C)OB(/C=C/CC2CCCCC2)OC1(C)C.CC1(C)OCOC1(C)C.Cc1ccc2c(c1/C=C/CC1CCCCC1)O/C(=C\C1=NCc3ccccc31)C2=O.Cc1ccc2c(c1/C=C/CC1CCCCC1)OCC2=O.Cc1ccc2c(c1/C=C/CC1CCNCC1)O/C(=C\C1=NCc3ccccc31)C2=O.Cc1ccc2c(c1I)OCC2=O.O=Cc1[nH]nc2ccccc12. The number of para-hydroxylation sites is 1. The number of fused-ring (bicyclic) bond motifs is 7. The van der Waals surface area contributed by atoms with Crippen molar-refractivity contribution < 1.29 is 61.7 Å². The van der Waals surface area contributed by atoms with E-state index in [0.717, 1.165) is 162 Å². The second-order valence-electron chi connectivity index (χ2n) is 40.8. The first-order valence-electron chi connectivity index (χ1n) is 50.8. The van der Waals surface area contributed by atoms with Crippen LogP contribution in [-0.2, 0) is 31.9 Å². The normalized spacial score (nSPS) is 20.4. The lowest BCUT2D eigenvalue weighted by atomic mass is 9.84. The van der Waals surface area contributed by atoms with Gasteiger partial charge in [-0.25, -0.2) is 0 Å². The minimum absolute atomic E-state index is 0.0565. The Bertz CT molecular complexity index is 5780. The highest BCUT2D eigenvalue weighted by molar-refractivity contribution is 14.1. The number of carbonyl (C=O) groups excluding carboxylic acids is 5. The molecule has 19 nitrogen and oxygen atoms in total. The number of carbonyl (C=O) groups is 5. The van der Waals surface area contributed by atoms with Crippen LogP contribution in [0.1, 0.15) is 323 Å². The molecule has 11 heterocycles. The third-order valence-electron chi connectivity index (χ3n) is 29.7. The van der Waals surface area contributed by atoms with Crippen molar-refractivity contribution in [3.8, 4) is 35.3 Å². The van der Waals surface area contributed by atoms with Crippen molar-refractivity contribution >= 4 is 99.7 Å². The summed E-state index contributed by atoms with van der Waals surface area (Å²) in [6.45, 7) is 32.4. The van der Waals surface area contributed by atoms with Crippen LogP contribution in [0.2, 0.25) is 0 Å². The number of Topliss-reactive ketones (excluding diaryl/α,β-unsaturated/α-hetero) is 4. The smallest absolute Gasteiger partial charge is 0.484 e. The van der Waals surface area contributed by atoms with Crippen molar-refractivity contribution in [1.29, 1.82) is 0 Å². The van der Waals surface area contributed by atoms with Gasteiger partial charge in [0.15, 0.2) is 31.0 Å². The van der Waals surface area contributed by atoms with Crippen molar-refractivity contribution in [3.05, 3.63) is 268 Å². The highest BCUT2D eigenvalue weighted by Crippen LogP contribution is 2.44. The van der Waals surface area contributed by atoms with Gasteiger partial charge in [-0.1, -0.05) is 248 Å². The van der Waals surface area contributed by atoms with Gasteiger partial charge in [0.25, 0.3) is 0 Å². The average molecular weight is 1990 g/mol. The van der Waals surface area contributed by atoms with E-state index < -0.39 is 0 Å². The Morgan fingerprint density at radius 2 is 0.878 bits per heavy atom. The molecule has 10 aliphatic heterocycles. The van der Waals surface area contributed by atoms with Gasteiger partial charge >= 0.3 is 7.12 Å². The number of ether oxygens (including phenoxy) is 6. The number of likely N-dealkylation sites (tertiary alicyclic amines) is 1. The summed E-state index contributed by atoms with van der Waals surface area (Å²) in [5, 5.41) is 10.9. The van der Waals surface area contributed by atoms with E-state index in [4.69, 9.17) is 44.2 Å². The highest BCUT2D eigenvalue weighted by Gasteiger charge is 2.50. The van der Waals surface area contributed by atoms with Crippen LogP contribution >= 0.6 is 22.6 Å². The topological polar surface area (TPSA) is 228 Å². The molecule has 0 atom stereocenters. The number of hydrogen-bond acceptors (Lipinski definition) is 18. The van der Waals surface area contributed by atoms with E-state index in [0.29, 0.717) is 59.7 Å². The van der Waals surface area contributed by atoms with E-state index in [-0.39, 0.29) is 65.9 Å². The monoisotopic (exact) mass is 1990 g/mol. The fraction of sp³-hybridized carbons (Fsp3) is 0.458. The maximum Gasteiger partial charge on any atom is 0.486 e. The summed E-state index contributed by atoms with van der Waals surface area (Å²) in [4.78, 5) is 70.9. The first-order chi connectivity index (χ1) is 67.1. The predicted octanol–water partition coefficient (Wildman–Crippen LogP) is 26.2. The summed E-state index contributed by atoms with van der Waals surface area (Å²) in [6, 6.07) is 39.3. The van der Waals surface area contributed by atoms with E-state index in [1.54, 1.807) is 12.2 Å². The van der Waals surface area contributed by atoms with Gasteiger partial charge < -0.3 is 43.0 Å². The summed E-state index contributed by atoms with van der Waals surface area (Å²) in [6.07, 6.45) is 56.8. The van der Waals surface area contributed by atoms with Crippen LogP contribution in [0.3, 0.4) is 0 Å². The molecule has 0 amide bonds. The number of aromatic nitrogens is 2. The molecule has 0 radical (unpaired) electrons. The molecule has 139 heavy (non-hydrogen) atoms. The number of benzene rings is 7. The molecule has 13 aliphatic rings. The van der Waals surface area contributed by atoms with Crippen LogP contribution in [0.25, 0.3) is 29.1 Å². The molecule has 21 rings (SSSR count). The van der Waals surface area contributed by atoms with Crippen molar-refractivity contribution in [2.24, 2.45) is 33.7 Å². The Kier molecular flexibility index (Phi) is 36.9. The lowest BCUT2D eigenvalue weighted by molar-refractivity contribution is 0.00578. The van der Waals surface area contributed by atoms with E-state index >= 15 is 0 Å². The first kappa shape index (κ1) is 104. The van der Waals surface area contributed by atoms with Crippen LogP contribution in [0, 0.1) is 67.3 Å². The average Bonchev–Trinajstić information content (AvgIpc) is 1.62. The number of hydrogen-bond donors (Lipinski definition) is 2. The van der Waals surface area contributed by atoms with Gasteiger partial charge in [0.2, 0.25) is 23.1 Å². The van der Waals surface area contributed by atoms with Crippen molar-refractivity contribution in [2.75, 3.05) is 52.7 Å². The minimum Gasteiger partial charge on any atom is -0.484 e. The van der Waals surface area contributed by atoms with Gasteiger partial charge in [-0.2, -0.15) is 5.10 Å². The lowest BCUT2D eigenvalue weighted by Gasteiger charge is -2.32. The molecule has 8 aromatic rings. The molecule has 7 fully saturated rings. The van der Waals surface area contributed by atoms with Crippen molar-refractivity contribution in [3.63, 3.8) is 0 Å². The standard InChI is InChI=1S/C27H27NO2.C26H26N2O2.C18H22O2.C15H27BO2.C9H7IO2.C8H6N2O.C8H13N.C7H14O2/c1-18-14-15-23-26(29)25(16-24-22-12-6-5-11-20(22)17-28-24)30-27(23)21(18)13-7-10-19-8-3-2-4-9-19;1-17-9-10-22-25(29)24(15-23-21-7-3-2-6-19(21)16-28-23)30-26(22)20(17)8-4-5-18-11-13-27-14-12-18;1-13-10-11-16-17(19)12-20-18(16)15(13)9-5-8-14-6-3-2-4-7-14;1-14(2)15(3,4)18-16(17-14)12-8-11-13-9-6-5-7-10-13;1-5-2-3-6-7(11)4-12-9(6)8(5)10;11-5-8-6-3-1-2-4-7(6)9-10-8;1-2-6-9-7-4-3-5-8-9;1-6(2)7(3,4)9-5-8-6/h5-7,11-16,19H,2-4,8-10,17H2,1H3;2-4,6-10,15,18,27H,5,11-14,16H2,1H3;5,9-11,14H,2-4,6-8,12H2,1H3;8,12-13H,5-7,9-11H2,1-4H3;2-3H,4H2,1H3;1-5H,(H,9,10);1H,3-8H2;5H2,1-4H3/b13-7+,25-16-;8-4+,24-15-;9-5+;12-8+;;;;. The van der Waals surface area contributed by atoms with E-state index in [1.165, 1.54) is 165 Å². The molecule has 3 aliphatic carbocycles. The molecule has 3 saturated carbocycles. The molecule has 0 spiro atoms. The summed E-state index contributed by atoms with van der Waals surface area (Å²) in [5.74, 6) is 11.7. The maximum atomic E-state index is 13.0. The summed E-state index contributed by atoms with van der Waals surface area (Å²) in [5.41, 5.74) is 17.3. The Morgan fingerprint density at radius 3 is 1.34 bits per heavy atom. The molecule has 7 aromatic carbocycles. The second-order valence-corrected chi connectivity index (χ2v) is 41.8. The summed E-state index contributed by atoms with van der Waals surface area (Å²) < 4.78 is 46.7. The zero-order valence-electron chi connectivity index (χ0n) is 83.9. The van der Waals surface area contributed by atoms with Gasteiger partial charge in [0, 0.05) is 45.4 Å². The molecule has 0 unspecified atom stereocenters. The molecular formula is C118H142BIN6O13. The van der Waals surface area contributed by atoms with Gasteiger partial charge in [-0.05, 0) is 271 Å². The van der Waals surface area contributed by atoms with Crippen LogP contribution in [0.4, 0.5) is 0 Å². The van der Waals surface area contributed by atoms with Crippen molar-refractivity contribution in [1.82, 2.24) is 20.4 Å². The van der Waals surface area contributed by atoms with Gasteiger partial charge in [0.1, 0.15) is 35.5 Å². The molecule has 0 bridgehead atoms. The lowest BCUT2D eigenvalue weighted by Crippen LogP contribution is -2.41. The van der Waals surface area contributed by atoms with Crippen molar-refractivity contribution in [2.45, 2.75) is 273 Å². The third kappa shape index (κ3) is 27.0. The second kappa shape index (κ2) is 49.2. The number of terminal acetylenes is 1. The highest BCUT2D eigenvalue weighted by atomic mass is 127. The number of aliphatic imine (C=N–C) groups is 2. The van der Waals surface area contributed by atoms with Crippen LogP contribution in [-0.4, -0.2) is 138 Å². The quantitative estimate of drug-likeness (QED) is 0.0301. The maximum absolute atomic E-state index is 13.0. The van der Waals surface area contributed by atoms with Crippen LogP contribution < -0.4 is 24.3 Å². The van der Waals surface area contributed by atoms with Gasteiger partial charge in [-0.15, -0.1) is 6.42 Å². The first-order valence-corrected chi connectivity index (χ1v) is 51.9. The fourth-order valence-electron chi connectivity index (χ4n) is 19.6. The van der Waals surface area contributed by atoms with Gasteiger partial charge in [-0.3, -0.25) is 44.0 Å². The number of piperidine rings is 2. The summed E-state index contributed by atoms with van der Waals surface area (Å²) in [7, 11) is -0.168. The Hall–Kier alpha value is -10.5. The molecule has 4 saturated heterocycles. The number of rotatable bonds is 16. The molecule has 2 N–H and O–H groups in total. The van der Waals surface area contributed by atoms with Crippen LogP contribution in [0.5, 0.6) is 23.0 Å². The number of allylic oxidation sites excluding steroid dienone is 8. The number of halogens is 1. The number of H-pyrrole nitrogens is 1. The number of aromatic amines is 1.